The number of thiazole rings is 1. The van der Waals surface area contributed by atoms with Crippen LogP contribution in [0.4, 0.5) is 0 Å². The number of fused-ring (bicyclic) bond motifs is 1. The zero-order valence-electron chi connectivity index (χ0n) is 9.09. The van der Waals surface area contributed by atoms with Crippen molar-refractivity contribution in [1.82, 2.24) is 4.98 Å². The maximum atomic E-state index is 9.53. The first-order valence-corrected chi connectivity index (χ1v) is 6.83. The monoisotopic (exact) mass is 321 g/mol. The summed E-state index contributed by atoms with van der Waals surface area (Å²) in [5.74, 6) is 0.426. The zero-order chi connectivity index (χ0) is 12.7. The molecule has 2 aromatic carbocycles. The van der Waals surface area contributed by atoms with E-state index in [2.05, 4.69) is 20.9 Å². The molecular formula is C13H8BrNO2S. The molecule has 1 aromatic heterocycles. The van der Waals surface area contributed by atoms with Gasteiger partial charge in [0.2, 0.25) is 0 Å². The van der Waals surface area contributed by atoms with E-state index in [1.807, 2.05) is 12.1 Å². The molecule has 0 saturated carbocycles. The molecule has 3 rings (SSSR count). The molecule has 0 spiro atoms. The Hall–Kier alpha value is -1.59. The van der Waals surface area contributed by atoms with E-state index in [-0.39, 0.29) is 11.5 Å². The second-order valence-corrected chi connectivity index (χ2v) is 5.70. The second kappa shape index (κ2) is 4.26. The average molecular weight is 322 g/mol. The van der Waals surface area contributed by atoms with Gasteiger partial charge in [0, 0.05) is 16.1 Å². The smallest absolute Gasteiger partial charge is 0.124 e. The van der Waals surface area contributed by atoms with E-state index in [4.69, 9.17) is 0 Å². The van der Waals surface area contributed by atoms with Gasteiger partial charge < -0.3 is 10.2 Å². The first-order chi connectivity index (χ1) is 8.63. The second-order valence-electron chi connectivity index (χ2n) is 3.84. The van der Waals surface area contributed by atoms with E-state index in [9.17, 15) is 10.2 Å². The fraction of sp³-hybridized carbons (Fsp3) is 0. The Labute approximate surface area is 115 Å². The highest BCUT2D eigenvalue weighted by molar-refractivity contribution is 9.10. The molecule has 0 radical (unpaired) electrons. The number of aromatic hydroxyl groups is 2. The SMILES string of the molecule is Oc1ccc(-c2nc3cc(O)cc(Br)c3s2)cc1. The molecule has 2 N–H and O–H groups in total. The van der Waals surface area contributed by atoms with Gasteiger partial charge in [0.15, 0.2) is 0 Å². The molecule has 0 bridgehead atoms. The molecule has 0 atom stereocenters. The number of halogens is 1. The normalized spacial score (nSPS) is 10.9. The largest absolute Gasteiger partial charge is 0.508 e. The van der Waals surface area contributed by atoms with Crippen molar-refractivity contribution in [3.8, 4) is 22.1 Å². The first kappa shape index (κ1) is 11.5. The Kier molecular flexibility index (Phi) is 2.72. The number of hydrogen-bond donors (Lipinski definition) is 2. The van der Waals surface area contributed by atoms with Crippen molar-refractivity contribution in [3.05, 3.63) is 40.9 Å². The number of nitrogens with zero attached hydrogens (tertiary/aromatic N) is 1. The van der Waals surface area contributed by atoms with Crippen LogP contribution in [0.1, 0.15) is 0 Å². The number of benzene rings is 2. The molecule has 0 aliphatic carbocycles. The van der Waals surface area contributed by atoms with Crippen molar-refractivity contribution in [2.24, 2.45) is 0 Å². The third kappa shape index (κ3) is 1.95. The average Bonchev–Trinajstić information content (AvgIpc) is 2.74. The Balaban J connectivity index is 2.19. The third-order valence-electron chi connectivity index (χ3n) is 2.54. The summed E-state index contributed by atoms with van der Waals surface area (Å²) in [4.78, 5) is 4.48. The number of aromatic nitrogens is 1. The molecule has 0 fully saturated rings. The van der Waals surface area contributed by atoms with Crippen LogP contribution in [0.25, 0.3) is 20.8 Å². The lowest BCUT2D eigenvalue weighted by Gasteiger charge is -1.95. The molecule has 0 aliphatic rings. The minimum Gasteiger partial charge on any atom is -0.508 e. The molecule has 0 unspecified atom stereocenters. The van der Waals surface area contributed by atoms with Crippen LogP contribution in [0.3, 0.4) is 0 Å². The highest BCUT2D eigenvalue weighted by Gasteiger charge is 2.10. The van der Waals surface area contributed by atoms with E-state index in [0.717, 1.165) is 25.3 Å². The Morgan fingerprint density at radius 2 is 1.72 bits per heavy atom. The van der Waals surface area contributed by atoms with Crippen molar-refractivity contribution >= 4 is 37.5 Å². The van der Waals surface area contributed by atoms with E-state index < -0.39 is 0 Å². The van der Waals surface area contributed by atoms with Gasteiger partial charge in [-0.15, -0.1) is 11.3 Å². The maximum absolute atomic E-state index is 9.53. The van der Waals surface area contributed by atoms with Gasteiger partial charge >= 0.3 is 0 Å². The summed E-state index contributed by atoms with van der Waals surface area (Å²) in [5, 5.41) is 19.7. The summed E-state index contributed by atoms with van der Waals surface area (Å²) in [7, 11) is 0. The summed E-state index contributed by atoms with van der Waals surface area (Å²) >= 11 is 4.96. The summed E-state index contributed by atoms with van der Waals surface area (Å²) in [6.45, 7) is 0. The summed E-state index contributed by atoms with van der Waals surface area (Å²) in [6, 6.07) is 10.2. The van der Waals surface area contributed by atoms with Crippen molar-refractivity contribution in [2.45, 2.75) is 0 Å². The molecule has 0 saturated heterocycles. The van der Waals surface area contributed by atoms with Crippen LogP contribution < -0.4 is 0 Å². The third-order valence-corrected chi connectivity index (χ3v) is 4.59. The lowest BCUT2D eigenvalue weighted by atomic mass is 10.2. The van der Waals surface area contributed by atoms with Crippen molar-refractivity contribution < 1.29 is 10.2 Å². The fourth-order valence-electron chi connectivity index (χ4n) is 1.71. The predicted octanol–water partition coefficient (Wildman–Crippen LogP) is 4.14. The zero-order valence-corrected chi connectivity index (χ0v) is 11.5. The number of hydrogen-bond acceptors (Lipinski definition) is 4. The lowest BCUT2D eigenvalue weighted by Crippen LogP contribution is -1.75. The highest BCUT2D eigenvalue weighted by atomic mass is 79.9. The van der Waals surface area contributed by atoms with Gasteiger partial charge in [0.1, 0.15) is 16.5 Å². The van der Waals surface area contributed by atoms with E-state index in [1.165, 1.54) is 0 Å². The summed E-state index contributed by atoms with van der Waals surface area (Å²) < 4.78 is 1.83. The van der Waals surface area contributed by atoms with Crippen LogP contribution in [-0.2, 0) is 0 Å². The van der Waals surface area contributed by atoms with Gasteiger partial charge in [-0.3, -0.25) is 0 Å². The maximum Gasteiger partial charge on any atom is 0.124 e. The standard InChI is InChI=1S/C13H8BrNO2S/c14-10-5-9(17)6-11-12(10)18-13(15-11)7-1-3-8(16)4-2-7/h1-6,16-17H. The topological polar surface area (TPSA) is 53.4 Å². The van der Waals surface area contributed by atoms with Gasteiger partial charge in [-0.1, -0.05) is 0 Å². The summed E-state index contributed by atoms with van der Waals surface area (Å²) in [5.41, 5.74) is 1.70. The van der Waals surface area contributed by atoms with Crippen LogP contribution in [0.2, 0.25) is 0 Å². The lowest BCUT2D eigenvalue weighted by molar-refractivity contribution is 0.475. The molecule has 5 heteroatoms. The van der Waals surface area contributed by atoms with Crippen LogP contribution in [0, 0.1) is 0 Å². The number of phenols is 2. The minimum atomic E-state index is 0.192. The fourth-order valence-corrected chi connectivity index (χ4v) is 3.34. The van der Waals surface area contributed by atoms with Crippen LogP contribution in [-0.4, -0.2) is 15.2 Å². The molecule has 0 aliphatic heterocycles. The minimum absolute atomic E-state index is 0.192. The molecule has 90 valence electrons. The van der Waals surface area contributed by atoms with E-state index >= 15 is 0 Å². The molecule has 3 aromatic rings. The molecule has 18 heavy (non-hydrogen) atoms. The quantitative estimate of drug-likeness (QED) is 0.708. The van der Waals surface area contributed by atoms with Gasteiger partial charge in [-0.2, -0.15) is 0 Å². The highest BCUT2D eigenvalue weighted by Crippen LogP contribution is 2.37. The van der Waals surface area contributed by atoms with Gasteiger partial charge in [-0.25, -0.2) is 4.98 Å². The molecule has 3 nitrogen and oxygen atoms in total. The van der Waals surface area contributed by atoms with Crippen molar-refractivity contribution in [1.29, 1.82) is 0 Å². The Bertz CT molecular complexity index is 722. The van der Waals surface area contributed by atoms with Crippen molar-refractivity contribution in [3.63, 3.8) is 0 Å². The van der Waals surface area contributed by atoms with Crippen LogP contribution in [0.15, 0.2) is 40.9 Å². The van der Waals surface area contributed by atoms with Gasteiger partial charge in [0.05, 0.1) is 10.2 Å². The van der Waals surface area contributed by atoms with Crippen LogP contribution >= 0.6 is 27.3 Å². The Morgan fingerprint density at radius 1 is 1.00 bits per heavy atom. The Morgan fingerprint density at radius 3 is 2.44 bits per heavy atom. The van der Waals surface area contributed by atoms with E-state index in [1.54, 1.807) is 35.6 Å². The molecular weight excluding hydrogens is 314 g/mol. The van der Waals surface area contributed by atoms with Gasteiger partial charge in [0.25, 0.3) is 0 Å². The molecule has 1 heterocycles. The first-order valence-electron chi connectivity index (χ1n) is 5.22. The molecule has 0 amide bonds. The van der Waals surface area contributed by atoms with E-state index in [0.29, 0.717) is 0 Å². The predicted molar refractivity (Wildman–Crippen MR) is 76.1 cm³/mol. The van der Waals surface area contributed by atoms with Crippen molar-refractivity contribution in [2.75, 3.05) is 0 Å². The van der Waals surface area contributed by atoms with Crippen LogP contribution in [0.5, 0.6) is 11.5 Å². The van der Waals surface area contributed by atoms with Gasteiger partial charge in [-0.05, 0) is 46.3 Å². The number of phenolic OH excluding ortho intramolecular Hbond substituents is 2. The number of rotatable bonds is 1. The summed E-state index contributed by atoms with van der Waals surface area (Å²) in [6.07, 6.45) is 0.